The molecule has 31 heavy (non-hydrogen) atoms. The third-order valence-electron chi connectivity index (χ3n) is 5.14. The molecule has 0 unspecified atom stereocenters. The zero-order chi connectivity index (χ0) is 22.4. The Morgan fingerprint density at radius 1 is 0.935 bits per heavy atom. The van der Waals surface area contributed by atoms with Crippen LogP contribution in [0.3, 0.4) is 0 Å². The van der Waals surface area contributed by atoms with Crippen LogP contribution in [0.4, 0.5) is 0 Å². The summed E-state index contributed by atoms with van der Waals surface area (Å²) < 4.78 is 11.9. The Morgan fingerprint density at radius 2 is 1.68 bits per heavy atom. The van der Waals surface area contributed by atoms with Crippen molar-refractivity contribution in [1.82, 2.24) is 5.32 Å². The lowest BCUT2D eigenvalue weighted by atomic mass is 10.1. The van der Waals surface area contributed by atoms with Crippen LogP contribution in [0.1, 0.15) is 45.1 Å². The van der Waals surface area contributed by atoms with Crippen LogP contribution in [0.25, 0.3) is 0 Å². The summed E-state index contributed by atoms with van der Waals surface area (Å²) in [6.07, 6.45) is 0. The lowest BCUT2D eigenvalue weighted by Crippen LogP contribution is -2.23. The number of hydrogen-bond donors (Lipinski definition) is 1. The molecule has 1 amide bonds. The number of nitrogens with one attached hydrogen (secondary N) is 1. The average Bonchev–Trinajstić information content (AvgIpc) is 2.75. The Bertz CT molecular complexity index is 1060. The molecular weight excluding hydrogens is 410 g/mol. The second-order valence-electron chi connectivity index (χ2n) is 7.56. The van der Waals surface area contributed by atoms with Crippen LogP contribution in [0, 0.1) is 20.8 Å². The number of amides is 1. The van der Waals surface area contributed by atoms with Crippen molar-refractivity contribution >= 4 is 17.5 Å². The summed E-state index contributed by atoms with van der Waals surface area (Å²) in [6, 6.07) is 17.0. The first-order valence-corrected chi connectivity index (χ1v) is 10.7. The first kappa shape index (κ1) is 22.7. The SMILES string of the molecule is CCOc1ccc(C(=O)NCc2ccc(Cl)cc2)cc1COc1cc(C)cc(C)c1C. The van der Waals surface area contributed by atoms with Crippen molar-refractivity contribution in [3.63, 3.8) is 0 Å². The minimum absolute atomic E-state index is 0.151. The van der Waals surface area contributed by atoms with E-state index in [1.54, 1.807) is 6.07 Å². The zero-order valence-electron chi connectivity index (χ0n) is 18.4. The van der Waals surface area contributed by atoms with Crippen LogP contribution in [-0.4, -0.2) is 12.5 Å². The maximum atomic E-state index is 12.7. The first-order chi connectivity index (χ1) is 14.9. The number of ether oxygens (including phenoxy) is 2. The molecule has 0 radical (unpaired) electrons. The summed E-state index contributed by atoms with van der Waals surface area (Å²) in [5.41, 5.74) is 5.83. The first-order valence-electron chi connectivity index (χ1n) is 10.4. The van der Waals surface area contributed by atoms with E-state index in [2.05, 4.69) is 25.2 Å². The minimum Gasteiger partial charge on any atom is -0.493 e. The van der Waals surface area contributed by atoms with Gasteiger partial charge in [-0.05, 0) is 86.3 Å². The fourth-order valence-corrected chi connectivity index (χ4v) is 3.45. The highest BCUT2D eigenvalue weighted by molar-refractivity contribution is 6.30. The van der Waals surface area contributed by atoms with Crippen LogP contribution in [-0.2, 0) is 13.2 Å². The number of benzene rings is 3. The van der Waals surface area contributed by atoms with Crippen LogP contribution in [0.15, 0.2) is 54.6 Å². The van der Waals surface area contributed by atoms with Gasteiger partial charge in [-0.25, -0.2) is 0 Å². The lowest BCUT2D eigenvalue weighted by Gasteiger charge is -2.16. The van der Waals surface area contributed by atoms with Crippen LogP contribution < -0.4 is 14.8 Å². The molecular formula is C26H28ClNO3. The average molecular weight is 438 g/mol. The standard InChI is InChI=1S/C26H28ClNO3/c1-5-30-24-11-8-21(26(29)28-15-20-6-9-23(27)10-7-20)14-22(24)16-31-25-13-17(2)12-18(3)19(25)4/h6-14H,5,15-16H2,1-4H3,(H,28,29). The molecule has 3 aromatic carbocycles. The Balaban J connectivity index is 1.75. The highest BCUT2D eigenvalue weighted by atomic mass is 35.5. The fourth-order valence-electron chi connectivity index (χ4n) is 3.32. The van der Waals surface area contributed by atoms with Gasteiger partial charge in [0.05, 0.1) is 6.61 Å². The number of rotatable bonds is 8. The molecule has 1 N–H and O–H groups in total. The predicted octanol–water partition coefficient (Wildman–Crippen LogP) is 6.17. The quantitative estimate of drug-likeness (QED) is 0.458. The molecule has 0 aliphatic rings. The maximum Gasteiger partial charge on any atom is 0.251 e. The summed E-state index contributed by atoms with van der Waals surface area (Å²) in [7, 11) is 0. The van der Waals surface area contributed by atoms with E-state index in [4.69, 9.17) is 21.1 Å². The van der Waals surface area contributed by atoms with Gasteiger partial charge in [0, 0.05) is 22.7 Å². The van der Waals surface area contributed by atoms with Gasteiger partial charge in [0.1, 0.15) is 18.1 Å². The fraction of sp³-hybridized carbons (Fsp3) is 0.269. The molecule has 0 aliphatic heterocycles. The molecule has 3 aromatic rings. The highest BCUT2D eigenvalue weighted by Gasteiger charge is 2.13. The van der Waals surface area contributed by atoms with E-state index in [1.165, 1.54) is 5.56 Å². The van der Waals surface area contributed by atoms with Gasteiger partial charge in [-0.15, -0.1) is 0 Å². The number of halogens is 1. The number of carbonyl (C=O) groups is 1. The van der Waals surface area contributed by atoms with Crippen molar-refractivity contribution in [2.45, 2.75) is 40.8 Å². The summed E-state index contributed by atoms with van der Waals surface area (Å²) in [5, 5.41) is 3.62. The summed E-state index contributed by atoms with van der Waals surface area (Å²) in [5.74, 6) is 1.41. The van der Waals surface area contributed by atoms with Gasteiger partial charge >= 0.3 is 0 Å². The number of hydrogen-bond acceptors (Lipinski definition) is 3. The van der Waals surface area contributed by atoms with Crippen molar-refractivity contribution < 1.29 is 14.3 Å². The van der Waals surface area contributed by atoms with Crippen molar-refractivity contribution in [3.8, 4) is 11.5 Å². The Labute approximate surface area is 189 Å². The van der Waals surface area contributed by atoms with Gasteiger partial charge in [0.25, 0.3) is 5.91 Å². The van der Waals surface area contributed by atoms with E-state index in [9.17, 15) is 4.79 Å². The Hall–Kier alpha value is -2.98. The summed E-state index contributed by atoms with van der Waals surface area (Å²) >= 11 is 5.92. The smallest absolute Gasteiger partial charge is 0.251 e. The topological polar surface area (TPSA) is 47.6 Å². The largest absolute Gasteiger partial charge is 0.493 e. The molecule has 0 aromatic heterocycles. The van der Waals surface area contributed by atoms with Crippen molar-refractivity contribution in [1.29, 1.82) is 0 Å². The van der Waals surface area contributed by atoms with E-state index in [-0.39, 0.29) is 5.91 Å². The zero-order valence-corrected chi connectivity index (χ0v) is 19.2. The van der Waals surface area contributed by atoms with Crippen LogP contribution >= 0.6 is 11.6 Å². The lowest BCUT2D eigenvalue weighted by molar-refractivity contribution is 0.0950. The molecule has 0 atom stereocenters. The second-order valence-corrected chi connectivity index (χ2v) is 7.99. The monoisotopic (exact) mass is 437 g/mol. The van der Waals surface area contributed by atoms with E-state index < -0.39 is 0 Å². The normalized spacial score (nSPS) is 10.6. The van der Waals surface area contributed by atoms with Gasteiger partial charge in [-0.1, -0.05) is 29.8 Å². The molecule has 0 aliphatic carbocycles. The molecule has 162 valence electrons. The van der Waals surface area contributed by atoms with Crippen molar-refractivity contribution in [2.75, 3.05) is 6.61 Å². The van der Waals surface area contributed by atoms with Crippen LogP contribution in [0.2, 0.25) is 5.02 Å². The van der Waals surface area contributed by atoms with E-state index in [1.807, 2.05) is 56.3 Å². The number of carbonyl (C=O) groups excluding carboxylic acids is 1. The third-order valence-corrected chi connectivity index (χ3v) is 5.39. The molecule has 0 heterocycles. The van der Waals surface area contributed by atoms with Crippen LogP contribution in [0.5, 0.6) is 11.5 Å². The Morgan fingerprint density at radius 3 is 2.39 bits per heavy atom. The highest BCUT2D eigenvalue weighted by Crippen LogP contribution is 2.27. The minimum atomic E-state index is -0.151. The molecule has 0 fully saturated rings. The van der Waals surface area contributed by atoms with E-state index >= 15 is 0 Å². The van der Waals surface area contributed by atoms with Crippen molar-refractivity contribution in [2.24, 2.45) is 0 Å². The molecule has 3 rings (SSSR count). The second kappa shape index (κ2) is 10.4. The molecule has 0 saturated heterocycles. The summed E-state index contributed by atoms with van der Waals surface area (Å²) in [6.45, 7) is 9.40. The molecule has 0 bridgehead atoms. The number of aryl methyl sites for hydroxylation is 2. The van der Waals surface area contributed by atoms with E-state index in [0.717, 1.165) is 33.8 Å². The predicted molar refractivity (Wildman–Crippen MR) is 125 cm³/mol. The van der Waals surface area contributed by atoms with Crippen molar-refractivity contribution in [3.05, 3.63) is 93.0 Å². The molecule has 4 nitrogen and oxygen atoms in total. The Kier molecular flexibility index (Phi) is 7.59. The van der Waals surface area contributed by atoms with E-state index in [0.29, 0.717) is 30.3 Å². The van der Waals surface area contributed by atoms with Gasteiger partial charge in [0.15, 0.2) is 0 Å². The van der Waals surface area contributed by atoms with Gasteiger partial charge < -0.3 is 14.8 Å². The maximum absolute atomic E-state index is 12.7. The third kappa shape index (κ3) is 6.02. The molecule has 0 saturated carbocycles. The van der Waals surface area contributed by atoms with Gasteiger partial charge in [0.2, 0.25) is 0 Å². The summed E-state index contributed by atoms with van der Waals surface area (Å²) in [4.78, 5) is 12.7. The molecule has 5 heteroatoms. The van der Waals surface area contributed by atoms with Gasteiger partial charge in [-0.2, -0.15) is 0 Å². The molecule has 0 spiro atoms. The van der Waals surface area contributed by atoms with Gasteiger partial charge in [-0.3, -0.25) is 4.79 Å².